The summed E-state index contributed by atoms with van der Waals surface area (Å²) in [5.74, 6) is -0.0924. The molecule has 0 aromatic heterocycles. The van der Waals surface area contributed by atoms with Gasteiger partial charge in [0.15, 0.2) is 6.61 Å². The summed E-state index contributed by atoms with van der Waals surface area (Å²) in [6.45, 7) is 9.31. The van der Waals surface area contributed by atoms with Crippen molar-refractivity contribution in [1.29, 1.82) is 0 Å². The Bertz CT molecular complexity index is 1270. The Hall–Kier alpha value is -2.73. The topological polar surface area (TPSA) is 58.6 Å². The fourth-order valence-electron chi connectivity index (χ4n) is 4.06. The second-order valence-corrected chi connectivity index (χ2v) is 11.6. The Kier molecular flexibility index (Phi) is 10.1. The van der Waals surface area contributed by atoms with Crippen molar-refractivity contribution in [3.8, 4) is 5.75 Å². The van der Waals surface area contributed by atoms with Crippen LogP contribution in [0.3, 0.4) is 0 Å². The Morgan fingerprint density at radius 3 is 2.16 bits per heavy atom. The highest BCUT2D eigenvalue weighted by Crippen LogP contribution is 2.27. The highest BCUT2D eigenvalue weighted by Gasteiger charge is 2.33. The maximum atomic E-state index is 13.8. The van der Waals surface area contributed by atoms with Crippen molar-refractivity contribution in [3.63, 3.8) is 0 Å². The first kappa shape index (κ1) is 29.8. The quantitative estimate of drug-likeness (QED) is 0.294. The average Bonchev–Trinajstić information content (AvgIpc) is 2.83. The first-order valence-electron chi connectivity index (χ1n) is 12.3. The molecule has 1 N–H and O–H groups in total. The molecule has 202 valence electrons. The largest absolute Gasteiger partial charge is 0.484 e. The molecule has 3 rings (SSSR count). The van der Waals surface area contributed by atoms with E-state index in [0.29, 0.717) is 32.8 Å². The Balaban J connectivity index is 1.97. The monoisotopic (exact) mass is 574 g/mol. The van der Waals surface area contributed by atoms with Crippen LogP contribution in [0.2, 0.25) is 15.1 Å². The summed E-state index contributed by atoms with van der Waals surface area (Å²) in [5.41, 5.74) is 2.81. The number of hydrogen-bond acceptors (Lipinski definition) is 3. The first-order chi connectivity index (χ1) is 17.8. The van der Waals surface area contributed by atoms with Gasteiger partial charge in [-0.2, -0.15) is 0 Å². The standard InChI is InChI=1S/C30H33Cl3N2O3/c1-19-13-24(14-20(2)28(19)33)38-18-27(36)35(17-22-11-12-23(31)16-25(22)32)26(29(37)34-30(3,4)5)15-21-9-7-6-8-10-21/h6-14,16,26H,15,17-18H2,1-5H3,(H,34,37). The smallest absolute Gasteiger partial charge is 0.261 e. The number of aryl methyl sites for hydroxylation is 2. The van der Waals surface area contributed by atoms with Crippen LogP contribution in [0.25, 0.3) is 0 Å². The molecule has 0 aliphatic rings. The van der Waals surface area contributed by atoms with E-state index >= 15 is 0 Å². The minimum Gasteiger partial charge on any atom is -0.484 e. The molecular formula is C30H33Cl3N2O3. The minimum absolute atomic E-state index is 0.103. The molecule has 1 atom stereocenters. The van der Waals surface area contributed by atoms with Crippen LogP contribution in [0.1, 0.15) is 43.0 Å². The lowest BCUT2D eigenvalue weighted by Crippen LogP contribution is -2.55. The summed E-state index contributed by atoms with van der Waals surface area (Å²) in [6.07, 6.45) is 0.318. The minimum atomic E-state index is -0.812. The van der Waals surface area contributed by atoms with Gasteiger partial charge in [-0.05, 0) is 81.1 Å². The number of halogens is 3. The van der Waals surface area contributed by atoms with E-state index in [2.05, 4.69) is 5.32 Å². The summed E-state index contributed by atoms with van der Waals surface area (Å²) >= 11 is 18.9. The summed E-state index contributed by atoms with van der Waals surface area (Å²) in [4.78, 5) is 28.9. The van der Waals surface area contributed by atoms with E-state index in [1.165, 1.54) is 4.90 Å². The predicted molar refractivity (Wildman–Crippen MR) is 155 cm³/mol. The highest BCUT2D eigenvalue weighted by atomic mass is 35.5. The zero-order valence-electron chi connectivity index (χ0n) is 22.3. The fraction of sp³-hybridized carbons (Fsp3) is 0.333. The molecule has 0 aliphatic carbocycles. The first-order valence-corrected chi connectivity index (χ1v) is 13.5. The maximum Gasteiger partial charge on any atom is 0.261 e. The number of amides is 2. The van der Waals surface area contributed by atoms with Crippen LogP contribution in [-0.2, 0) is 22.6 Å². The second-order valence-electron chi connectivity index (χ2n) is 10.4. The van der Waals surface area contributed by atoms with Crippen LogP contribution >= 0.6 is 34.8 Å². The lowest BCUT2D eigenvalue weighted by atomic mass is 10.0. The van der Waals surface area contributed by atoms with E-state index in [1.54, 1.807) is 30.3 Å². The number of benzene rings is 3. The summed E-state index contributed by atoms with van der Waals surface area (Å²) < 4.78 is 5.90. The zero-order chi connectivity index (χ0) is 28.0. The molecule has 0 saturated carbocycles. The third kappa shape index (κ3) is 8.39. The number of nitrogens with zero attached hydrogens (tertiary/aromatic N) is 1. The molecule has 2 amide bonds. The third-order valence-electron chi connectivity index (χ3n) is 5.90. The summed E-state index contributed by atoms with van der Waals surface area (Å²) in [7, 11) is 0. The van der Waals surface area contributed by atoms with Gasteiger partial charge in [0, 0.05) is 33.6 Å². The van der Waals surface area contributed by atoms with E-state index in [9.17, 15) is 9.59 Å². The van der Waals surface area contributed by atoms with Gasteiger partial charge >= 0.3 is 0 Å². The van der Waals surface area contributed by atoms with Crippen LogP contribution < -0.4 is 10.1 Å². The number of hydrogen-bond donors (Lipinski definition) is 1. The lowest BCUT2D eigenvalue weighted by molar-refractivity contribution is -0.143. The SMILES string of the molecule is Cc1cc(OCC(=O)N(Cc2ccc(Cl)cc2Cl)C(Cc2ccccc2)C(=O)NC(C)(C)C)cc(C)c1Cl. The van der Waals surface area contributed by atoms with Crippen molar-refractivity contribution in [2.45, 2.75) is 59.2 Å². The van der Waals surface area contributed by atoms with Crippen molar-refractivity contribution in [2.24, 2.45) is 0 Å². The van der Waals surface area contributed by atoms with Crippen molar-refractivity contribution < 1.29 is 14.3 Å². The van der Waals surface area contributed by atoms with Gasteiger partial charge in [-0.1, -0.05) is 71.2 Å². The van der Waals surface area contributed by atoms with Crippen LogP contribution in [0.15, 0.2) is 60.7 Å². The maximum absolute atomic E-state index is 13.8. The van der Waals surface area contributed by atoms with Crippen molar-refractivity contribution in [2.75, 3.05) is 6.61 Å². The normalized spacial score (nSPS) is 12.1. The second kappa shape index (κ2) is 12.9. The van der Waals surface area contributed by atoms with Gasteiger partial charge in [-0.3, -0.25) is 9.59 Å². The molecule has 1 unspecified atom stereocenters. The molecule has 0 heterocycles. The Labute approximate surface area is 240 Å². The molecule has 3 aromatic carbocycles. The lowest BCUT2D eigenvalue weighted by Gasteiger charge is -2.34. The van der Waals surface area contributed by atoms with Crippen molar-refractivity contribution in [1.82, 2.24) is 10.2 Å². The summed E-state index contributed by atoms with van der Waals surface area (Å²) in [5, 5.41) is 4.59. The molecule has 38 heavy (non-hydrogen) atoms. The highest BCUT2D eigenvalue weighted by molar-refractivity contribution is 6.35. The molecule has 0 fully saturated rings. The van der Waals surface area contributed by atoms with Crippen molar-refractivity contribution >= 4 is 46.6 Å². The molecule has 0 bridgehead atoms. The van der Waals surface area contributed by atoms with Crippen LogP contribution in [0.4, 0.5) is 0 Å². The molecule has 0 aliphatic heterocycles. The number of ether oxygens (including phenoxy) is 1. The zero-order valence-corrected chi connectivity index (χ0v) is 24.5. The van der Waals surface area contributed by atoms with Crippen LogP contribution in [0.5, 0.6) is 5.75 Å². The number of rotatable bonds is 9. The summed E-state index contributed by atoms with van der Waals surface area (Å²) in [6, 6.07) is 17.5. The number of carbonyl (C=O) groups excluding carboxylic acids is 2. The van der Waals surface area contributed by atoms with Gasteiger partial charge in [0.25, 0.3) is 5.91 Å². The molecule has 3 aromatic rings. The Morgan fingerprint density at radius 1 is 0.947 bits per heavy atom. The molecule has 5 nitrogen and oxygen atoms in total. The predicted octanol–water partition coefficient (Wildman–Crippen LogP) is 7.20. The van der Waals surface area contributed by atoms with E-state index in [-0.39, 0.29) is 25.0 Å². The van der Waals surface area contributed by atoms with Gasteiger partial charge < -0.3 is 15.0 Å². The fourth-order valence-corrected chi connectivity index (χ4v) is 4.64. The van der Waals surface area contributed by atoms with Crippen LogP contribution in [0, 0.1) is 13.8 Å². The molecule has 0 saturated heterocycles. The van der Waals surface area contributed by atoms with E-state index in [0.717, 1.165) is 16.7 Å². The van der Waals surface area contributed by atoms with Crippen molar-refractivity contribution in [3.05, 3.63) is 98.0 Å². The number of carbonyl (C=O) groups is 2. The number of nitrogens with one attached hydrogen (secondary N) is 1. The van der Waals surface area contributed by atoms with Gasteiger partial charge in [0.05, 0.1) is 0 Å². The molecular weight excluding hydrogens is 543 g/mol. The van der Waals surface area contributed by atoms with E-state index in [1.807, 2.05) is 65.0 Å². The Morgan fingerprint density at radius 2 is 1.58 bits per heavy atom. The molecule has 8 heteroatoms. The van der Waals surface area contributed by atoms with E-state index in [4.69, 9.17) is 39.5 Å². The van der Waals surface area contributed by atoms with E-state index < -0.39 is 11.6 Å². The molecule has 0 spiro atoms. The van der Waals surface area contributed by atoms with Gasteiger partial charge in [-0.15, -0.1) is 0 Å². The van der Waals surface area contributed by atoms with Gasteiger partial charge in [0.1, 0.15) is 11.8 Å². The van der Waals surface area contributed by atoms with Gasteiger partial charge in [0.2, 0.25) is 5.91 Å². The third-order valence-corrected chi connectivity index (χ3v) is 7.08. The van der Waals surface area contributed by atoms with Gasteiger partial charge in [-0.25, -0.2) is 0 Å². The average molecular weight is 576 g/mol. The van der Waals surface area contributed by atoms with Crippen LogP contribution in [-0.4, -0.2) is 34.9 Å². The molecule has 0 radical (unpaired) electrons.